The lowest BCUT2D eigenvalue weighted by atomic mass is 10.1. The summed E-state index contributed by atoms with van der Waals surface area (Å²) < 4.78 is 5.58. The number of benzene rings is 1. The smallest absolute Gasteiger partial charge is 0.335 e. The van der Waals surface area contributed by atoms with E-state index in [4.69, 9.17) is 9.84 Å². The number of ether oxygens (including phenoxy) is 1. The van der Waals surface area contributed by atoms with Crippen LogP contribution in [0.1, 0.15) is 37.0 Å². The van der Waals surface area contributed by atoms with E-state index in [-0.39, 0.29) is 5.56 Å². The average molecular weight is 222 g/mol. The van der Waals surface area contributed by atoms with Crippen LogP contribution >= 0.6 is 0 Å². The predicted molar refractivity (Wildman–Crippen MR) is 63.0 cm³/mol. The molecule has 1 aromatic rings. The highest BCUT2D eigenvalue weighted by Gasteiger charge is 2.06. The Hall–Kier alpha value is -1.51. The Morgan fingerprint density at radius 1 is 1.38 bits per heavy atom. The molecule has 0 saturated heterocycles. The van der Waals surface area contributed by atoms with Gasteiger partial charge in [-0.25, -0.2) is 4.79 Å². The van der Waals surface area contributed by atoms with Crippen LogP contribution in [0.15, 0.2) is 24.3 Å². The molecule has 0 atom stereocenters. The summed E-state index contributed by atoms with van der Waals surface area (Å²) in [7, 11) is 0. The van der Waals surface area contributed by atoms with Crippen molar-refractivity contribution in [3.63, 3.8) is 0 Å². The van der Waals surface area contributed by atoms with Gasteiger partial charge in [0.05, 0.1) is 12.2 Å². The number of carbonyl (C=O) groups is 1. The van der Waals surface area contributed by atoms with Crippen LogP contribution in [0, 0.1) is 5.92 Å². The highest BCUT2D eigenvalue weighted by atomic mass is 16.5. The van der Waals surface area contributed by atoms with Crippen molar-refractivity contribution in [3.8, 4) is 5.75 Å². The second-order valence-electron chi connectivity index (χ2n) is 3.83. The lowest BCUT2D eigenvalue weighted by Crippen LogP contribution is -2.10. The van der Waals surface area contributed by atoms with Gasteiger partial charge in [-0.2, -0.15) is 0 Å². The van der Waals surface area contributed by atoms with Gasteiger partial charge in [-0.15, -0.1) is 0 Å². The molecule has 3 heteroatoms. The van der Waals surface area contributed by atoms with E-state index in [2.05, 4.69) is 13.8 Å². The first kappa shape index (κ1) is 12.6. The van der Waals surface area contributed by atoms with E-state index in [1.807, 2.05) is 0 Å². The lowest BCUT2D eigenvalue weighted by molar-refractivity contribution is 0.0696. The molecule has 1 rings (SSSR count). The maximum absolute atomic E-state index is 10.7. The molecule has 0 aromatic heterocycles. The molecule has 1 aromatic carbocycles. The first-order chi connectivity index (χ1) is 7.67. The molecule has 0 spiro atoms. The fraction of sp³-hybridized carbons (Fsp3) is 0.462. The minimum absolute atomic E-state index is 0.266. The summed E-state index contributed by atoms with van der Waals surface area (Å²) in [4.78, 5) is 10.7. The zero-order valence-corrected chi connectivity index (χ0v) is 9.77. The number of carboxylic acid groups (broad SMARTS) is 1. The van der Waals surface area contributed by atoms with Gasteiger partial charge in [0, 0.05) is 0 Å². The van der Waals surface area contributed by atoms with Crippen LogP contribution in [0.5, 0.6) is 5.75 Å². The Morgan fingerprint density at radius 2 is 2.06 bits per heavy atom. The van der Waals surface area contributed by atoms with E-state index in [1.165, 1.54) is 0 Å². The second-order valence-corrected chi connectivity index (χ2v) is 3.83. The molecule has 0 unspecified atom stereocenters. The predicted octanol–water partition coefficient (Wildman–Crippen LogP) is 3.20. The zero-order valence-electron chi connectivity index (χ0n) is 9.77. The van der Waals surface area contributed by atoms with Crippen molar-refractivity contribution < 1.29 is 14.6 Å². The molecule has 0 bridgehead atoms. The van der Waals surface area contributed by atoms with E-state index in [1.54, 1.807) is 24.3 Å². The molecule has 0 aliphatic carbocycles. The van der Waals surface area contributed by atoms with Crippen molar-refractivity contribution in [1.29, 1.82) is 0 Å². The van der Waals surface area contributed by atoms with E-state index in [0.29, 0.717) is 18.3 Å². The van der Waals surface area contributed by atoms with Crippen molar-refractivity contribution in [2.75, 3.05) is 6.61 Å². The van der Waals surface area contributed by atoms with Gasteiger partial charge in [-0.3, -0.25) is 0 Å². The number of hydrogen-bond acceptors (Lipinski definition) is 2. The largest absolute Gasteiger partial charge is 0.493 e. The van der Waals surface area contributed by atoms with Crippen molar-refractivity contribution in [2.45, 2.75) is 26.7 Å². The molecule has 0 fully saturated rings. The number of carboxylic acids is 1. The standard InChI is InChI=1S/C13H18O3/c1-3-10(4-2)9-16-12-7-5-6-11(8-12)13(14)15/h5-8,10H,3-4,9H2,1-2H3,(H,14,15). The van der Waals surface area contributed by atoms with Gasteiger partial charge in [0.2, 0.25) is 0 Å². The van der Waals surface area contributed by atoms with Gasteiger partial charge >= 0.3 is 5.97 Å². The second kappa shape index (κ2) is 6.16. The van der Waals surface area contributed by atoms with Gasteiger partial charge in [0.15, 0.2) is 0 Å². The van der Waals surface area contributed by atoms with E-state index in [0.717, 1.165) is 12.8 Å². The zero-order chi connectivity index (χ0) is 12.0. The van der Waals surface area contributed by atoms with Crippen LogP contribution in [0.3, 0.4) is 0 Å². The molecule has 0 saturated carbocycles. The molecule has 0 aliphatic heterocycles. The Kier molecular flexibility index (Phi) is 4.83. The Labute approximate surface area is 96.1 Å². The molecule has 0 amide bonds. The van der Waals surface area contributed by atoms with Crippen LogP contribution in [0.25, 0.3) is 0 Å². The highest BCUT2D eigenvalue weighted by molar-refractivity contribution is 5.87. The van der Waals surface area contributed by atoms with Crippen molar-refractivity contribution in [2.24, 2.45) is 5.92 Å². The Balaban J connectivity index is 2.60. The van der Waals surface area contributed by atoms with Crippen LogP contribution in [-0.2, 0) is 0 Å². The monoisotopic (exact) mass is 222 g/mol. The summed E-state index contributed by atoms with van der Waals surface area (Å²) in [6.07, 6.45) is 2.16. The number of aromatic carboxylic acids is 1. The van der Waals surface area contributed by atoms with Crippen LogP contribution in [0.2, 0.25) is 0 Å². The average Bonchev–Trinajstić information content (AvgIpc) is 2.31. The number of hydrogen-bond donors (Lipinski definition) is 1. The first-order valence-electron chi connectivity index (χ1n) is 5.63. The Bertz CT molecular complexity index is 343. The van der Waals surface area contributed by atoms with E-state index in [9.17, 15) is 4.79 Å². The van der Waals surface area contributed by atoms with Crippen molar-refractivity contribution in [1.82, 2.24) is 0 Å². The quantitative estimate of drug-likeness (QED) is 0.804. The van der Waals surface area contributed by atoms with Crippen LogP contribution in [0.4, 0.5) is 0 Å². The topological polar surface area (TPSA) is 46.5 Å². The molecule has 0 radical (unpaired) electrons. The minimum Gasteiger partial charge on any atom is -0.493 e. The van der Waals surface area contributed by atoms with Gasteiger partial charge in [0.25, 0.3) is 0 Å². The fourth-order valence-electron chi connectivity index (χ4n) is 1.46. The fourth-order valence-corrected chi connectivity index (χ4v) is 1.46. The summed E-state index contributed by atoms with van der Waals surface area (Å²) >= 11 is 0. The van der Waals surface area contributed by atoms with E-state index < -0.39 is 5.97 Å². The molecular formula is C13H18O3. The summed E-state index contributed by atoms with van der Waals surface area (Å²) in [5.41, 5.74) is 0.266. The third-order valence-electron chi connectivity index (χ3n) is 2.72. The molecule has 16 heavy (non-hydrogen) atoms. The summed E-state index contributed by atoms with van der Waals surface area (Å²) in [6, 6.07) is 6.61. The highest BCUT2D eigenvalue weighted by Crippen LogP contribution is 2.16. The molecule has 0 heterocycles. The van der Waals surface area contributed by atoms with Crippen LogP contribution in [-0.4, -0.2) is 17.7 Å². The maximum atomic E-state index is 10.7. The third kappa shape index (κ3) is 3.57. The Morgan fingerprint density at radius 3 is 2.62 bits per heavy atom. The summed E-state index contributed by atoms with van der Waals surface area (Å²) in [5.74, 6) is 0.244. The number of rotatable bonds is 6. The minimum atomic E-state index is -0.923. The van der Waals surface area contributed by atoms with Crippen molar-refractivity contribution >= 4 is 5.97 Å². The normalized spacial score (nSPS) is 10.4. The third-order valence-corrected chi connectivity index (χ3v) is 2.72. The SMILES string of the molecule is CCC(CC)COc1cccc(C(=O)O)c1. The van der Waals surface area contributed by atoms with Gasteiger partial charge in [0.1, 0.15) is 5.75 Å². The molecule has 88 valence electrons. The summed E-state index contributed by atoms with van der Waals surface area (Å²) in [6.45, 7) is 4.91. The van der Waals surface area contributed by atoms with Crippen molar-refractivity contribution in [3.05, 3.63) is 29.8 Å². The van der Waals surface area contributed by atoms with E-state index >= 15 is 0 Å². The summed E-state index contributed by atoms with van der Waals surface area (Å²) in [5, 5.41) is 8.82. The molecular weight excluding hydrogens is 204 g/mol. The van der Waals surface area contributed by atoms with Gasteiger partial charge in [-0.05, 0) is 24.1 Å². The van der Waals surface area contributed by atoms with Gasteiger partial charge in [-0.1, -0.05) is 32.8 Å². The molecule has 3 nitrogen and oxygen atoms in total. The molecule has 1 N–H and O–H groups in total. The molecule has 0 aliphatic rings. The maximum Gasteiger partial charge on any atom is 0.335 e. The van der Waals surface area contributed by atoms with Crippen LogP contribution < -0.4 is 4.74 Å². The lowest BCUT2D eigenvalue weighted by Gasteiger charge is -2.13. The van der Waals surface area contributed by atoms with Gasteiger partial charge < -0.3 is 9.84 Å². The first-order valence-corrected chi connectivity index (χ1v) is 5.63.